The Hall–Kier alpha value is -3.23. The highest BCUT2D eigenvalue weighted by Gasteiger charge is 2.13. The van der Waals surface area contributed by atoms with Gasteiger partial charge in [-0.25, -0.2) is 9.59 Å². The first-order chi connectivity index (χ1) is 15.3. The first kappa shape index (κ1) is 26.8. The Morgan fingerprint density at radius 3 is 1.84 bits per heavy atom. The standard InChI is InChI=1S/C23H30O9/c1-2-3-4-13-31-21(26)16-19(24)11-12-20(25)30-14-5-6-15-32-23(29)18-9-7-17(8-10-18)22(27)28/h7-10H,2-6,11-16H2,1H3,(H,27,28). The highest BCUT2D eigenvalue weighted by Crippen LogP contribution is 2.07. The summed E-state index contributed by atoms with van der Waals surface area (Å²) < 4.78 is 15.0. The minimum Gasteiger partial charge on any atom is -0.478 e. The van der Waals surface area contributed by atoms with Gasteiger partial charge in [-0.3, -0.25) is 14.4 Å². The molecule has 32 heavy (non-hydrogen) atoms. The minimum absolute atomic E-state index is 0.0763. The molecular weight excluding hydrogens is 420 g/mol. The van der Waals surface area contributed by atoms with Gasteiger partial charge in [-0.2, -0.15) is 0 Å². The van der Waals surface area contributed by atoms with Gasteiger partial charge in [-0.05, 0) is 43.5 Å². The van der Waals surface area contributed by atoms with Crippen molar-refractivity contribution in [2.45, 2.75) is 58.3 Å². The summed E-state index contributed by atoms with van der Waals surface area (Å²) in [4.78, 5) is 57.5. The third-order valence-corrected chi connectivity index (χ3v) is 4.36. The second kappa shape index (κ2) is 15.6. The van der Waals surface area contributed by atoms with E-state index in [9.17, 15) is 24.0 Å². The fraction of sp³-hybridized carbons (Fsp3) is 0.522. The molecule has 1 N–H and O–H groups in total. The molecule has 0 aromatic heterocycles. The number of rotatable bonds is 16. The van der Waals surface area contributed by atoms with Crippen molar-refractivity contribution in [2.24, 2.45) is 0 Å². The van der Waals surface area contributed by atoms with Gasteiger partial charge in [0.1, 0.15) is 12.2 Å². The lowest BCUT2D eigenvalue weighted by molar-refractivity contribution is -0.148. The number of Topliss-reactive ketones (excluding diaryl/α,β-unsaturated/α-hetero) is 1. The van der Waals surface area contributed by atoms with E-state index < -0.39 is 23.9 Å². The van der Waals surface area contributed by atoms with Crippen LogP contribution in [0.3, 0.4) is 0 Å². The van der Waals surface area contributed by atoms with Crippen LogP contribution in [0.5, 0.6) is 0 Å². The molecule has 0 aliphatic rings. The first-order valence-corrected chi connectivity index (χ1v) is 10.7. The lowest BCUT2D eigenvalue weighted by Crippen LogP contribution is -2.14. The highest BCUT2D eigenvalue weighted by atomic mass is 16.5. The van der Waals surface area contributed by atoms with Gasteiger partial charge in [-0.1, -0.05) is 19.8 Å². The fourth-order valence-corrected chi connectivity index (χ4v) is 2.54. The van der Waals surface area contributed by atoms with Gasteiger partial charge >= 0.3 is 23.9 Å². The maximum absolute atomic E-state index is 11.9. The van der Waals surface area contributed by atoms with Gasteiger partial charge < -0.3 is 19.3 Å². The van der Waals surface area contributed by atoms with E-state index in [4.69, 9.17) is 19.3 Å². The number of aromatic carboxylic acids is 1. The maximum atomic E-state index is 11.9. The molecule has 1 aromatic carbocycles. The maximum Gasteiger partial charge on any atom is 0.338 e. The summed E-state index contributed by atoms with van der Waals surface area (Å²) >= 11 is 0. The number of unbranched alkanes of at least 4 members (excludes halogenated alkanes) is 3. The van der Waals surface area contributed by atoms with Gasteiger partial charge in [0.2, 0.25) is 0 Å². The lowest BCUT2D eigenvalue weighted by atomic mass is 10.1. The predicted molar refractivity (Wildman–Crippen MR) is 113 cm³/mol. The van der Waals surface area contributed by atoms with E-state index >= 15 is 0 Å². The summed E-state index contributed by atoms with van der Waals surface area (Å²) in [7, 11) is 0. The van der Waals surface area contributed by atoms with E-state index in [0.29, 0.717) is 19.4 Å². The smallest absolute Gasteiger partial charge is 0.338 e. The summed E-state index contributed by atoms with van der Waals surface area (Å²) in [6, 6.07) is 5.39. The molecule has 0 radical (unpaired) electrons. The van der Waals surface area contributed by atoms with Crippen LogP contribution in [-0.4, -0.2) is 54.6 Å². The largest absolute Gasteiger partial charge is 0.478 e. The molecule has 176 valence electrons. The van der Waals surface area contributed by atoms with Crippen molar-refractivity contribution < 1.29 is 43.3 Å². The third kappa shape index (κ3) is 11.8. The van der Waals surface area contributed by atoms with E-state index in [1.54, 1.807) is 0 Å². The summed E-state index contributed by atoms with van der Waals surface area (Å²) in [6.45, 7) is 2.58. The molecule has 0 atom stereocenters. The summed E-state index contributed by atoms with van der Waals surface area (Å²) in [5.74, 6) is -3.13. The Bertz CT molecular complexity index is 768. The third-order valence-electron chi connectivity index (χ3n) is 4.36. The number of hydrogen-bond donors (Lipinski definition) is 1. The molecular formula is C23H30O9. The van der Waals surface area contributed by atoms with Gasteiger partial charge in [0.05, 0.1) is 37.4 Å². The van der Waals surface area contributed by atoms with E-state index in [0.717, 1.165) is 19.3 Å². The molecule has 0 amide bonds. The predicted octanol–water partition coefficient (Wildman–Crippen LogP) is 3.34. The van der Waals surface area contributed by atoms with Crippen LogP contribution in [0.15, 0.2) is 24.3 Å². The van der Waals surface area contributed by atoms with Crippen molar-refractivity contribution in [1.82, 2.24) is 0 Å². The molecule has 0 unspecified atom stereocenters. The average Bonchev–Trinajstić information content (AvgIpc) is 2.77. The number of ether oxygens (including phenoxy) is 3. The molecule has 0 saturated heterocycles. The zero-order chi connectivity index (χ0) is 23.8. The van der Waals surface area contributed by atoms with Gasteiger partial charge in [0.25, 0.3) is 0 Å². The summed E-state index contributed by atoms with van der Waals surface area (Å²) in [5.41, 5.74) is 0.323. The quantitative estimate of drug-likeness (QED) is 0.174. The monoisotopic (exact) mass is 450 g/mol. The number of carboxylic acids is 1. The van der Waals surface area contributed by atoms with Crippen molar-refractivity contribution in [2.75, 3.05) is 19.8 Å². The highest BCUT2D eigenvalue weighted by molar-refractivity contribution is 5.96. The Balaban J connectivity index is 2.08. The molecule has 0 bridgehead atoms. The Kier molecular flexibility index (Phi) is 13.0. The van der Waals surface area contributed by atoms with Gasteiger partial charge in [0.15, 0.2) is 0 Å². The topological polar surface area (TPSA) is 133 Å². The van der Waals surface area contributed by atoms with Crippen LogP contribution >= 0.6 is 0 Å². The molecule has 0 heterocycles. The number of carbonyl (C=O) groups excluding carboxylic acids is 4. The van der Waals surface area contributed by atoms with Crippen LogP contribution in [0.25, 0.3) is 0 Å². The second-order valence-electron chi connectivity index (χ2n) is 7.09. The van der Waals surface area contributed by atoms with Crippen molar-refractivity contribution in [1.29, 1.82) is 0 Å². The number of carbonyl (C=O) groups is 5. The minimum atomic E-state index is -1.08. The zero-order valence-electron chi connectivity index (χ0n) is 18.3. The number of carboxylic acid groups (broad SMARTS) is 1. The number of esters is 3. The average molecular weight is 450 g/mol. The van der Waals surface area contributed by atoms with Crippen LogP contribution in [0, 0.1) is 0 Å². The molecule has 9 heteroatoms. The van der Waals surface area contributed by atoms with Crippen molar-refractivity contribution in [3.63, 3.8) is 0 Å². The summed E-state index contributed by atoms with van der Waals surface area (Å²) in [5, 5.41) is 8.83. The molecule has 0 spiro atoms. The molecule has 9 nitrogen and oxygen atoms in total. The van der Waals surface area contributed by atoms with Crippen LogP contribution < -0.4 is 0 Å². The van der Waals surface area contributed by atoms with E-state index in [-0.39, 0.29) is 49.4 Å². The van der Waals surface area contributed by atoms with Crippen LogP contribution in [-0.2, 0) is 28.6 Å². The fourth-order valence-electron chi connectivity index (χ4n) is 2.54. The number of benzene rings is 1. The van der Waals surface area contributed by atoms with Crippen LogP contribution in [0.1, 0.15) is 79.0 Å². The Morgan fingerprint density at radius 2 is 1.25 bits per heavy atom. The van der Waals surface area contributed by atoms with Gasteiger partial charge in [0, 0.05) is 6.42 Å². The molecule has 0 aliphatic carbocycles. The van der Waals surface area contributed by atoms with Crippen molar-refractivity contribution in [3.05, 3.63) is 35.4 Å². The molecule has 1 aromatic rings. The molecule has 0 aliphatic heterocycles. The molecule has 1 rings (SSSR count). The van der Waals surface area contributed by atoms with Gasteiger partial charge in [-0.15, -0.1) is 0 Å². The molecule has 0 fully saturated rings. The van der Waals surface area contributed by atoms with E-state index in [2.05, 4.69) is 0 Å². The lowest BCUT2D eigenvalue weighted by Gasteiger charge is -2.07. The van der Waals surface area contributed by atoms with E-state index in [1.165, 1.54) is 24.3 Å². The van der Waals surface area contributed by atoms with Crippen LogP contribution in [0.2, 0.25) is 0 Å². The van der Waals surface area contributed by atoms with Crippen LogP contribution in [0.4, 0.5) is 0 Å². The SMILES string of the molecule is CCCCCOC(=O)CC(=O)CCC(=O)OCCCCOC(=O)c1ccc(C(=O)O)cc1. The number of hydrogen-bond acceptors (Lipinski definition) is 8. The number of ketones is 1. The second-order valence-corrected chi connectivity index (χ2v) is 7.09. The Morgan fingerprint density at radius 1 is 0.719 bits per heavy atom. The normalized spacial score (nSPS) is 10.3. The van der Waals surface area contributed by atoms with Crippen molar-refractivity contribution >= 4 is 29.7 Å². The first-order valence-electron chi connectivity index (χ1n) is 10.7. The zero-order valence-corrected chi connectivity index (χ0v) is 18.3. The van der Waals surface area contributed by atoms with Crippen molar-refractivity contribution in [3.8, 4) is 0 Å². The molecule has 0 saturated carbocycles. The van der Waals surface area contributed by atoms with E-state index in [1.807, 2.05) is 6.92 Å². The summed E-state index contributed by atoms with van der Waals surface area (Å²) in [6.07, 6.45) is 3.13. The Labute approximate surface area is 187 Å².